The fraction of sp³-hybridized carbons (Fsp3) is 0.385. The minimum Gasteiger partial charge on any atom is -0.478 e. The van der Waals surface area contributed by atoms with Crippen LogP contribution in [0.3, 0.4) is 0 Å². The van der Waals surface area contributed by atoms with Crippen LogP contribution in [-0.2, 0) is 4.79 Å². The Morgan fingerprint density at radius 2 is 2.14 bits per heavy atom. The van der Waals surface area contributed by atoms with E-state index in [-0.39, 0.29) is 11.6 Å². The van der Waals surface area contributed by atoms with Crippen molar-refractivity contribution in [2.75, 3.05) is 6.61 Å². The number of carbonyl (C=O) groups excluding carboxylic acids is 1. The van der Waals surface area contributed by atoms with E-state index in [0.717, 1.165) is 12.5 Å². The third kappa shape index (κ3) is 4.44. The van der Waals surface area contributed by atoms with Crippen molar-refractivity contribution in [2.45, 2.75) is 26.3 Å². The van der Waals surface area contributed by atoms with Crippen LogP contribution in [0.25, 0.3) is 0 Å². The molecule has 0 aliphatic heterocycles. The van der Waals surface area contributed by atoms with Gasteiger partial charge in [-0.25, -0.2) is 4.79 Å². The van der Waals surface area contributed by atoms with E-state index in [0.29, 0.717) is 0 Å². The maximum atomic E-state index is 11.6. The lowest BCUT2D eigenvalue weighted by atomic mass is 10.1. The smallest absolute Gasteiger partial charge is 0.339 e. The molecule has 0 heterocycles. The number of aromatic carboxylic acids is 1. The molecule has 0 radical (unpaired) electrons. The molecule has 1 unspecified atom stereocenters. The van der Waals surface area contributed by atoms with Gasteiger partial charge in [-0.2, -0.15) is 0 Å². The molecule has 0 aliphatic carbocycles. The number of carboxylic acid groups (broad SMARTS) is 1. The first kappa shape index (κ1) is 16.4. The third-order valence-corrected chi connectivity index (χ3v) is 2.79. The molecule has 0 bridgehead atoms. The highest BCUT2D eigenvalue weighted by Crippen LogP contribution is 2.30. The molecule has 0 aliphatic rings. The topological polar surface area (TPSA) is 119 Å². The number of nitrogens with zero attached hydrogens (tertiary/aromatic N) is 1. The quantitative estimate of drug-likeness (QED) is 0.582. The van der Waals surface area contributed by atoms with Crippen LogP contribution in [0.4, 0.5) is 5.69 Å². The number of para-hydroxylation sites is 1. The lowest BCUT2D eigenvalue weighted by Crippen LogP contribution is -2.35. The van der Waals surface area contributed by atoms with Crippen LogP contribution < -0.4 is 10.1 Å². The van der Waals surface area contributed by atoms with Crippen LogP contribution in [0.2, 0.25) is 0 Å². The molecule has 8 nitrogen and oxygen atoms in total. The Morgan fingerprint density at radius 1 is 1.48 bits per heavy atom. The van der Waals surface area contributed by atoms with Gasteiger partial charge < -0.3 is 15.2 Å². The first-order valence-electron chi connectivity index (χ1n) is 6.29. The number of nitro groups is 1. The Morgan fingerprint density at radius 3 is 2.67 bits per heavy atom. The zero-order valence-corrected chi connectivity index (χ0v) is 11.7. The standard InChI is InChI=1S/C13H16N2O6/c1-3-8(2)14-11(16)7-21-12-9(13(17)18)5-4-6-10(12)15(19)20/h4-6,8H,3,7H2,1-2H3,(H,14,16)(H,17,18). The molecule has 114 valence electrons. The number of carboxylic acids is 1. The van der Waals surface area contributed by atoms with Gasteiger partial charge in [0.15, 0.2) is 6.61 Å². The Balaban J connectivity index is 2.93. The van der Waals surface area contributed by atoms with E-state index in [1.807, 2.05) is 6.92 Å². The Bertz CT molecular complexity index is 525. The van der Waals surface area contributed by atoms with E-state index >= 15 is 0 Å². The third-order valence-electron chi connectivity index (χ3n) is 2.79. The minimum absolute atomic E-state index is 0.0641. The van der Waals surface area contributed by atoms with Crippen molar-refractivity contribution in [3.63, 3.8) is 0 Å². The normalized spacial score (nSPS) is 11.5. The number of nitrogens with one attached hydrogen (secondary N) is 1. The van der Waals surface area contributed by atoms with Gasteiger partial charge in [-0.3, -0.25) is 14.9 Å². The second-order valence-corrected chi connectivity index (χ2v) is 4.38. The molecular formula is C13H16N2O6. The summed E-state index contributed by atoms with van der Waals surface area (Å²) in [5.74, 6) is -2.26. The number of benzene rings is 1. The molecule has 0 aromatic heterocycles. The first-order valence-corrected chi connectivity index (χ1v) is 6.29. The molecule has 1 atom stereocenters. The van der Waals surface area contributed by atoms with Crippen LogP contribution >= 0.6 is 0 Å². The predicted molar refractivity (Wildman–Crippen MR) is 73.4 cm³/mol. The number of ether oxygens (including phenoxy) is 1. The van der Waals surface area contributed by atoms with Crippen molar-refractivity contribution in [2.24, 2.45) is 0 Å². The zero-order chi connectivity index (χ0) is 16.0. The Labute approximate surface area is 120 Å². The molecule has 21 heavy (non-hydrogen) atoms. The van der Waals surface area contributed by atoms with Gasteiger partial charge in [0, 0.05) is 12.1 Å². The van der Waals surface area contributed by atoms with E-state index in [1.165, 1.54) is 12.1 Å². The molecule has 0 spiro atoms. The van der Waals surface area contributed by atoms with Crippen molar-refractivity contribution in [3.8, 4) is 5.75 Å². The number of hydrogen-bond acceptors (Lipinski definition) is 5. The van der Waals surface area contributed by atoms with Gasteiger partial charge in [0.2, 0.25) is 5.75 Å². The Hall–Kier alpha value is -2.64. The summed E-state index contributed by atoms with van der Waals surface area (Å²) >= 11 is 0. The lowest BCUT2D eigenvalue weighted by Gasteiger charge is -2.13. The highest BCUT2D eigenvalue weighted by Gasteiger charge is 2.23. The highest BCUT2D eigenvalue weighted by molar-refractivity contribution is 5.92. The van der Waals surface area contributed by atoms with Gasteiger partial charge >= 0.3 is 11.7 Å². The van der Waals surface area contributed by atoms with Crippen molar-refractivity contribution >= 4 is 17.6 Å². The van der Waals surface area contributed by atoms with Crippen molar-refractivity contribution in [1.29, 1.82) is 0 Å². The number of hydrogen-bond donors (Lipinski definition) is 2. The first-order chi connectivity index (χ1) is 9.86. The van der Waals surface area contributed by atoms with E-state index in [1.54, 1.807) is 6.92 Å². The van der Waals surface area contributed by atoms with Gasteiger partial charge in [-0.05, 0) is 19.4 Å². The van der Waals surface area contributed by atoms with Crippen LogP contribution in [0.1, 0.15) is 30.6 Å². The molecule has 0 saturated heterocycles. The van der Waals surface area contributed by atoms with Crippen molar-refractivity contribution < 1.29 is 24.4 Å². The maximum Gasteiger partial charge on any atom is 0.339 e. The Kier molecular flexibility index (Phi) is 5.65. The van der Waals surface area contributed by atoms with Gasteiger partial charge in [0.1, 0.15) is 5.56 Å². The van der Waals surface area contributed by atoms with Gasteiger partial charge in [-0.15, -0.1) is 0 Å². The van der Waals surface area contributed by atoms with Crippen molar-refractivity contribution in [1.82, 2.24) is 5.32 Å². The predicted octanol–water partition coefficient (Wildman–Crippen LogP) is 1.59. The minimum atomic E-state index is -1.36. The van der Waals surface area contributed by atoms with Gasteiger partial charge in [-0.1, -0.05) is 13.0 Å². The summed E-state index contributed by atoms with van der Waals surface area (Å²) in [4.78, 5) is 32.8. The maximum absolute atomic E-state index is 11.6. The van der Waals surface area contributed by atoms with E-state index in [9.17, 15) is 19.7 Å². The average Bonchev–Trinajstić information content (AvgIpc) is 2.44. The van der Waals surface area contributed by atoms with Crippen LogP contribution in [0, 0.1) is 10.1 Å². The fourth-order valence-electron chi connectivity index (χ4n) is 1.54. The summed E-state index contributed by atoms with van der Waals surface area (Å²) in [7, 11) is 0. The van der Waals surface area contributed by atoms with Gasteiger partial charge in [0.25, 0.3) is 5.91 Å². The summed E-state index contributed by atoms with van der Waals surface area (Å²) in [6.45, 7) is 3.19. The van der Waals surface area contributed by atoms with Crippen LogP contribution in [0.15, 0.2) is 18.2 Å². The number of carbonyl (C=O) groups is 2. The number of nitro benzene ring substituents is 1. The lowest BCUT2D eigenvalue weighted by molar-refractivity contribution is -0.385. The summed E-state index contributed by atoms with van der Waals surface area (Å²) in [6, 6.07) is 3.48. The molecule has 1 amide bonds. The zero-order valence-electron chi connectivity index (χ0n) is 11.7. The number of rotatable bonds is 7. The molecule has 1 rings (SSSR count). The largest absolute Gasteiger partial charge is 0.478 e. The molecule has 0 saturated carbocycles. The highest BCUT2D eigenvalue weighted by atomic mass is 16.6. The van der Waals surface area contributed by atoms with E-state index < -0.39 is 34.8 Å². The SMILES string of the molecule is CCC(C)NC(=O)COc1c(C(=O)O)cccc1[N+](=O)[O-]. The monoisotopic (exact) mass is 296 g/mol. The summed E-state index contributed by atoms with van der Waals surface area (Å²) in [5.41, 5.74) is -0.855. The molecule has 0 fully saturated rings. The average molecular weight is 296 g/mol. The molecular weight excluding hydrogens is 280 g/mol. The van der Waals surface area contributed by atoms with Crippen LogP contribution in [-0.4, -0.2) is 34.6 Å². The molecule has 1 aromatic carbocycles. The van der Waals surface area contributed by atoms with Gasteiger partial charge in [0.05, 0.1) is 4.92 Å². The molecule has 1 aromatic rings. The summed E-state index contributed by atoms with van der Waals surface area (Å²) < 4.78 is 5.06. The number of amides is 1. The summed E-state index contributed by atoms with van der Waals surface area (Å²) in [5, 5.41) is 22.5. The van der Waals surface area contributed by atoms with Crippen molar-refractivity contribution in [3.05, 3.63) is 33.9 Å². The van der Waals surface area contributed by atoms with E-state index in [2.05, 4.69) is 5.32 Å². The molecule has 8 heteroatoms. The van der Waals surface area contributed by atoms with Crippen LogP contribution in [0.5, 0.6) is 5.75 Å². The second kappa shape index (κ2) is 7.22. The van der Waals surface area contributed by atoms with E-state index in [4.69, 9.17) is 9.84 Å². The second-order valence-electron chi connectivity index (χ2n) is 4.38. The molecule has 2 N–H and O–H groups in total. The summed E-state index contributed by atoms with van der Waals surface area (Å²) in [6.07, 6.45) is 0.720. The fourth-order valence-corrected chi connectivity index (χ4v) is 1.54.